The monoisotopic (exact) mass is 254 g/mol. The van der Waals surface area contributed by atoms with Gasteiger partial charge in [-0.2, -0.15) is 18.2 Å². The molecular formula is C8H6ClF3N2O2. The lowest BCUT2D eigenvalue weighted by molar-refractivity contribution is -0.146. The van der Waals surface area contributed by atoms with Gasteiger partial charge in [-0.05, 0) is 24.3 Å². The Morgan fingerprint density at radius 1 is 1.31 bits per heavy atom. The molecule has 2 amide bonds. The Bertz CT molecular complexity index is 380. The van der Waals surface area contributed by atoms with Crippen LogP contribution in [0, 0.1) is 0 Å². The highest BCUT2D eigenvalue weighted by Gasteiger charge is 2.32. The first kappa shape index (κ1) is 12.6. The Balaban J connectivity index is 2.74. The van der Waals surface area contributed by atoms with Crippen LogP contribution in [0.4, 0.5) is 23.7 Å². The molecule has 0 atom stereocenters. The van der Waals surface area contributed by atoms with Gasteiger partial charge in [0.25, 0.3) is 0 Å². The normalized spacial score (nSPS) is 11.1. The average molecular weight is 255 g/mol. The topological polar surface area (TPSA) is 52.6 Å². The summed E-state index contributed by atoms with van der Waals surface area (Å²) in [6, 6.07) is 3.33. The molecule has 0 bridgehead atoms. The molecule has 0 aliphatic heterocycles. The van der Waals surface area contributed by atoms with E-state index in [0.29, 0.717) is 10.3 Å². The van der Waals surface area contributed by atoms with Gasteiger partial charge in [0.05, 0.1) is 5.69 Å². The van der Waals surface area contributed by atoms with Crippen LogP contribution in [0.3, 0.4) is 0 Å². The van der Waals surface area contributed by atoms with Crippen molar-refractivity contribution in [3.8, 4) is 0 Å². The summed E-state index contributed by atoms with van der Waals surface area (Å²) in [5.74, 6) is 0. The van der Waals surface area contributed by atoms with Gasteiger partial charge in [-0.25, -0.2) is 10.1 Å². The number of nitrogens with one attached hydrogen (secondary N) is 1. The predicted molar refractivity (Wildman–Crippen MR) is 50.3 cm³/mol. The summed E-state index contributed by atoms with van der Waals surface area (Å²) in [7, 11) is 0. The highest BCUT2D eigenvalue weighted by Crippen LogP contribution is 2.18. The minimum Gasteiger partial charge on any atom is -0.280 e. The summed E-state index contributed by atoms with van der Waals surface area (Å²) in [6.07, 6.45) is -4.90. The number of halogens is 4. The van der Waals surface area contributed by atoms with Crippen LogP contribution in [-0.2, 0) is 0 Å². The maximum atomic E-state index is 11.8. The minimum absolute atomic E-state index is 0.133. The van der Waals surface area contributed by atoms with E-state index in [1.165, 1.54) is 24.3 Å². The van der Waals surface area contributed by atoms with E-state index >= 15 is 0 Å². The molecule has 0 saturated carbocycles. The Morgan fingerprint density at radius 2 is 1.81 bits per heavy atom. The molecule has 0 aromatic heterocycles. The van der Waals surface area contributed by atoms with Gasteiger partial charge in [0, 0.05) is 5.02 Å². The maximum absolute atomic E-state index is 11.8. The fourth-order valence-electron chi connectivity index (χ4n) is 0.874. The maximum Gasteiger partial charge on any atom is 0.486 e. The number of nitrogens with zero attached hydrogens (tertiary/aromatic N) is 1. The third kappa shape index (κ3) is 3.59. The number of urea groups is 1. The van der Waals surface area contributed by atoms with E-state index in [1.807, 2.05) is 0 Å². The van der Waals surface area contributed by atoms with E-state index < -0.39 is 12.3 Å². The summed E-state index contributed by atoms with van der Waals surface area (Å²) in [6.45, 7) is 0. The predicted octanol–water partition coefficient (Wildman–Crippen LogP) is 2.77. The first-order valence-electron chi connectivity index (χ1n) is 3.93. The number of alkyl halides is 3. The van der Waals surface area contributed by atoms with Gasteiger partial charge >= 0.3 is 12.3 Å². The largest absolute Gasteiger partial charge is 0.486 e. The molecule has 0 radical (unpaired) electrons. The number of carbonyl (C=O) groups is 1. The molecule has 4 nitrogen and oxygen atoms in total. The van der Waals surface area contributed by atoms with Crippen molar-refractivity contribution < 1.29 is 23.2 Å². The van der Waals surface area contributed by atoms with Crippen molar-refractivity contribution in [1.82, 2.24) is 5.32 Å². The lowest BCUT2D eigenvalue weighted by atomic mass is 10.3. The van der Waals surface area contributed by atoms with E-state index in [0.717, 1.165) is 0 Å². The molecule has 2 N–H and O–H groups in total. The second-order valence-electron chi connectivity index (χ2n) is 2.72. The van der Waals surface area contributed by atoms with Gasteiger partial charge in [-0.1, -0.05) is 11.6 Å². The van der Waals surface area contributed by atoms with E-state index in [2.05, 4.69) is 0 Å². The van der Waals surface area contributed by atoms with Crippen molar-refractivity contribution in [3.63, 3.8) is 0 Å². The lowest BCUT2D eigenvalue weighted by Crippen LogP contribution is -2.45. The van der Waals surface area contributed by atoms with Gasteiger partial charge in [-0.3, -0.25) is 5.21 Å². The van der Waals surface area contributed by atoms with E-state index in [4.69, 9.17) is 16.8 Å². The van der Waals surface area contributed by atoms with E-state index in [9.17, 15) is 18.0 Å². The Kier molecular flexibility index (Phi) is 3.61. The van der Waals surface area contributed by atoms with Crippen LogP contribution in [-0.4, -0.2) is 17.5 Å². The molecule has 0 fully saturated rings. The number of rotatable bonds is 1. The third-order valence-corrected chi connectivity index (χ3v) is 1.76. The lowest BCUT2D eigenvalue weighted by Gasteiger charge is -2.16. The number of benzene rings is 1. The zero-order chi connectivity index (χ0) is 12.3. The van der Waals surface area contributed by atoms with Crippen molar-refractivity contribution in [2.24, 2.45) is 0 Å². The zero-order valence-electron chi connectivity index (χ0n) is 7.62. The molecule has 0 unspecified atom stereocenters. The molecule has 1 aromatic carbocycles. The van der Waals surface area contributed by atoms with Gasteiger partial charge in [0.2, 0.25) is 0 Å². The van der Waals surface area contributed by atoms with Crippen molar-refractivity contribution in [2.45, 2.75) is 6.30 Å². The van der Waals surface area contributed by atoms with Crippen molar-refractivity contribution in [2.75, 3.05) is 5.06 Å². The molecule has 8 heteroatoms. The molecule has 0 saturated heterocycles. The van der Waals surface area contributed by atoms with Gasteiger partial charge in [0.1, 0.15) is 0 Å². The molecule has 16 heavy (non-hydrogen) atoms. The first-order valence-corrected chi connectivity index (χ1v) is 4.31. The molecule has 0 spiro atoms. The number of hydrogen-bond donors (Lipinski definition) is 2. The average Bonchev–Trinajstić information content (AvgIpc) is 2.15. The molecule has 0 aliphatic rings. The van der Waals surface area contributed by atoms with E-state index in [1.54, 1.807) is 0 Å². The highest BCUT2D eigenvalue weighted by molar-refractivity contribution is 6.30. The standard InChI is InChI=1S/C8H6ClF3N2O2/c9-5-1-3-6(4-2-5)14(16)7(15)13-8(10,11)12/h1-4,16H,(H,13,15). The number of hydroxylamine groups is 1. The smallest absolute Gasteiger partial charge is 0.280 e. The van der Waals surface area contributed by atoms with Crippen molar-refractivity contribution >= 4 is 23.3 Å². The second-order valence-corrected chi connectivity index (χ2v) is 3.15. The van der Waals surface area contributed by atoms with Crippen molar-refractivity contribution in [1.29, 1.82) is 0 Å². The fraction of sp³-hybridized carbons (Fsp3) is 0.125. The van der Waals surface area contributed by atoms with Crippen LogP contribution in [0.25, 0.3) is 0 Å². The summed E-state index contributed by atoms with van der Waals surface area (Å²) >= 11 is 5.52. The van der Waals surface area contributed by atoms with Gasteiger partial charge in [0.15, 0.2) is 0 Å². The van der Waals surface area contributed by atoms with Crippen LogP contribution >= 0.6 is 11.6 Å². The Hall–Kier alpha value is -1.47. The van der Waals surface area contributed by atoms with Crippen molar-refractivity contribution in [3.05, 3.63) is 29.3 Å². The first-order chi connectivity index (χ1) is 7.29. The Labute approximate surface area is 93.2 Å². The van der Waals surface area contributed by atoms with Crippen LogP contribution in [0.1, 0.15) is 0 Å². The molecule has 0 aliphatic carbocycles. The fourth-order valence-corrected chi connectivity index (χ4v) is 1.000. The number of carbonyl (C=O) groups excluding carboxylic acids is 1. The number of hydrogen-bond acceptors (Lipinski definition) is 2. The quantitative estimate of drug-likeness (QED) is 0.460. The third-order valence-electron chi connectivity index (χ3n) is 1.51. The highest BCUT2D eigenvalue weighted by atomic mass is 35.5. The van der Waals surface area contributed by atoms with Gasteiger partial charge in [-0.15, -0.1) is 0 Å². The number of anilines is 1. The van der Waals surface area contributed by atoms with Gasteiger partial charge < -0.3 is 0 Å². The molecular weight excluding hydrogens is 249 g/mol. The summed E-state index contributed by atoms with van der Waals surface area (Å²) in [5.41, 5.74) is -0.133. The zero-order valence-corrected chi connectivity index (χ0v) is 8.38. The summed E-state index contributed by atoms with van der Waals surface area (Å²) < 4.78 is 35.3. The summed E-state index contributed by atoms with van der Waals surface area (Å²) in [5, 5.41) is 9.92. The summed E-state index contributed by atoms with van der Waals surface area (Å²) in [4.78, 5) is 10.9. The second kappa shape index (κ2) is 4.58. The Morgan fingerprint density at radius 3 is 2.25 bits per heavy atom. The molecule has 1 rings (SSSR count). The van der Waals surface area contributed by atoms with Crippen LogP contribution < -0.4 is 10.4 Å². The molecule has 88 valence electrons. The molecule has 0 heterocycles. The van der Waals surface area contributed by atoms with Crippen LogP contribution in [0.15, 0.2) is 24.3 Å². The SMILES string of the molecule is O=C(NC(F)(F)F)N(O)c1ccc(Cl)cc1. The molecule has 1 aromatic rings. The minimum atomic E-state index is -4.90. The van der Waals surface area contributed by atoms with Crippen LogP contribution in [0.5, 0.6) is 0 Å². The van der Waals surface area contributed by atoms with E-state index in [-0.39, 0.29) is 10.8 Å². The van der Waals surface area contributed by atoms with Crippen LogP contribution in [0.2, 0.25) is 5.02 Å². The number of amides is 2.